The minimum Gasteiger partial charge on any atom is -0.481 e. The molecule has 0 atom stereocenters. The van der Waals surface area contributed by atoms with Crippen molar-refractivity contribution in [3.8, 4) is 0 Å². The van der Waals surface area contributed by atoms with Gasteiger partial charge >= 0.3 is 5.97 Å². The highest BCUT2D eigenvalue weighted by molar-refractivity contribution is 5.95. The monoisotopic (exact) mass is 290 g/mol. The van der Waals surface area contributed by atoms with E-state index in [1.54, 1.807) is 4.90 Å². The van der Waals surface area contributed by atoms with Gasteiger partial charge in [0.25, 0.3) is 0 Å². The number of aliphatic carboxylic acids is 1. The zero-order valence-corrected chi connectivity index (χ0v) is 12.3. The van der Waals surface area contributed by atoms with Crippen molar-refractivity contribution in [2.75, 3.05) is 24.5 Å². The van der Waals surface area contributed by atoms with Crippen LogP contribution in [0.3, 0.4) is 0 Å². The van der Waals surface area contributed by atoms with E-state index in [1.165, 1.54) is 12.8 Å². The van der Waals surface area contributed by atoms with Crippen molar-refractivity contribution in [1.29, 1.82) is 0 Å². The third kappa shape index (κ3) is 5.19. The lowest BCUT2D eigenvalue weighted by molar-refractivity contribution is -0.136. The number of carbonyl (C=O) groups is 2. The molecule has 1 aromatic rings. The standard InChI is InChI=1S/C16H22N2O3/c1-12-2-6-14(7-3-12)18(9-8-16(20)21)15(19)11-17-10-13-4-5-13/h2-3,6-7,13,17H,4-5,8-11H2,1H3,(H,20,21). The molecule has 5 nitrogen and oxygen atoms in total. The molecule has 1 aliphatic carbocycles. The van der Waals surface area contributed by atoms with Crippen molar-refractivity contribution < 1.29 is 14.7 Å². The smallest absolute Gasteiger partial charge is 0.305 e. The number of carboxylic acids is 1. The lowest BCUT2D eigenvalue weighted by Crippen LogP contribution is -2.40. The lowest BCUT2D eigenvalue weighted by Gasteiger charge is -2.22. The minimum absolute atomic E-state index is 0.0533. The molecule has 1 aliphatic rings. The number of hydrogen-bond donors (Lipinski definition) is 2. The Morgan fingerprint density at radius 1 is 1.29 bits per heavy atom. The molecule has 0 aromatic heterocycles. The van der Waals surface area contributed by atoms with Crippen LogP contribution in [0.5, 0.6) is 0 Å². The first-order chi connectivity index (χ1) is 10.1. The summed E-state index contributed by atoms with van der Waals surface area (Å²) in [4.78, 5) is 24.6. The molecule has 0 unspecified atom stereocenters. The van der Waals surface area contributed by atoms with Crippen LogP contribution in [-0.2, 0) is 9.59 Å². The van der Waals surface area contributed by atoms with Crippen molar-refractivity contribution in [1.82, 2.24) is 5.32 Å². The van der Waals surface area contributed by atoms with E-state index in [9.17, 15) is 9.59 Å². The quantitative estimate of drug-likeness (QED) is 0.766. The molecule has 0 saturated heterocycles. The Morgan fingerprint density at radius 2 is 1.95 bits per heavy atom. The number of nitrogens with one attached hydrogen (secondary N) is 1. The molecule has 0 radical (unpaired) electrons. The fraction of sp³-hybridized carbons (Fsp3) is 0.500. The summed E-state index contributed by atoms with van der Waals surface area (Å²) in [5, 5.41) is 12.0. The molecular weight excluding hydrogens is 268 g/mol. The van der Waals surface area contributed by atoms with Gasteiger partial charge in [0.05, 0.1) is 13.0 Å². The molecule has 2 rings (SSSR count). The normalized spacial score (nSPS) is 14.0. The minimum atomic E-state index is -0.897. The molecule has 1 aromatic carbocycles. The van der Waals surface area contributed by atoms with E-state index in [0.717, 1.165) is 17.8 Å². The fourth-order valence-electron chi connectivity index (χ4n) is 2.13. The molecule has 0 heterocycles. The fourth-order valence-corrected chi connectivity index (χ4v) is 2.13. The van der Waals surface area contributed by atoms with Crippen molar-refractivity contribution >= 4 is 17.6 Å². The summed E-state index contributed by atoms with van der Waals surface area (Å²) in [6.45, 7) is 3.29. The number of carboxylic acid groups (broad SMARTS) is 1. The Hall–Kier alpha value is -1.88. The van der Waals surface area contributed by atoms with E-state index in [-0.39, 0.29) is 25.4 Å². The maximum absolute atomic E-state index is 12.3. The second-order valence-corrected chi connectivity index (χ2v) is 5.60. The first-order valence-corrected chi connectivity index (χ1v) is 7.36. The van der Waals surface area contributed by atoms with Gasteiger partial charge in [0.2, 0.25) is 5.91 Å². The molecule has 1 saturated carbocycles. The Balaban J connectivity index is 1.97. The van der Waals surface area contributed by atoms with Gasteiger partial charge in [0, 0.05) is 12.2 Å². The number of carbonyl (C=O) groups excluding carboxylic acids is 1. The Kier molecular flexibility index (Phi) is 5.33. The predicted octanol–water partition coefficient (Wildman–Crippen LogP) is 1.80. The van der Waals surface area contributed by atoms with E-state index in [4.69, 9.17) is 5.11 Å². The van der Waals surface area contributed by atoms with E-state index in [0.29, 0.717) is 5.92 Å². The Labute approximate surface area is 125 Å². The highest BCUT2D eigenvalue weighted by atomic mass is 16.4. The Morgan fingerprint density at radius 3 is 2.52 bits per heavy atom. The third-order valence-corrected chi connectivity index (χ3v) is 3.60. The van der Waals surface area contributed by atoms with Crippen LogP contribution in [-0.4, -0.2) is 36.6 Å². The van der Waals surface area contributed by atoms with Crippen LogP contribution in [0.1, 0.15) is 24.8 Å². The number of nitrogens with zero attached hydrogens (tertiary/aromatic N) is 1. The van der Waals surface area contributed by atoms with Gasteiger partial charge in [-0.05, 0) is 44.4 Å². The summed E-state index contributed by atoms with van der Waals surface area (Å²) < 4.78 is 0. The number of benzene rings is 1. The molecule has 0 spiro atoms. The van der Waals surface area contributed by atoms with E-state index in [2.05, 4.69) is 5.32 Å². The number of amides is 1. The number of anilines is 1. The van der Waals surface area contributed by atoms with Gasteiger partial charge in [-0.2, -0.15) is 0 Å². The Bertz CT molecular complexity index is 495. The highest BCUT2D eigenvalue weighted by Crippen LogP contribution is 2.27. The summed E-state index contributed by atoms with van der Waals surface area (Å²) in [5.41, 5.74) is 1.86. The summed E-state index contributed by atoms with van der Waals surface area (Å²) >= 11 is 0. The number of aryl methyl sites for hydroxylation is 1. The van der Waals surface area contributed by atoms with Gasteiger partial charge in [0.15, 0.2) is 0 Å². The summed E-state index contributed by atoms with van der Waals surface area (Å²) in [5.74, 6) is -0.267. The molecule has 1 fully saturated rings. The van der Waals surface area contributed by atoms with Crippen LogP contribution in [0.4, 0.5) is 5.69 Å². The molecule has 5 heteroatoms. The SMILES string of the molecule is Cc1ccc(N(CCC(=O)O)C(=O)CNCC2CC2)cc1. The predicted molar refractivity (Wildman–Crippen MR) is 81.4 cm³/mol. The van der Waals surface area contributed by atoms with Gasteiger partial charge < -0.3 is 15.3 Å². The maximum atomic E-state index is 12.3. The van der Waals surface area contributed by atoms with Crippen LogP contribution in [0.15, 0.2) is 24.3 Å². The zero-order valence-electron chi connectivity index (χ0n) is 12.3. The largest absolute Gasteiger partial charge is 0.481 e. The number of hydrogen-bond acceptors (Lipinski definition) is 3. The molecule has 0 aliphatic heterocycles. The van der Waals surface area contributed by atoms with Crippen LogP contribution in [0, 0.1) is 12.8 Å². The lowest BCUT2D eigenvalue weighted by atomic mass is 10.2. The van der Waals surface area contributed by atoms with Crippen molar-refractivity contribution in [3.05, 3.63) is 29.8 Å². The zero-order chi connectivity index (χ0) is 15.2. The molecule has 0 bridgehead atoms. The first-order valence-electron chi connectivity index (χ1n) is 7.36. The van der Waals surface area contributed by atoms with E-state index in [1.807, 2.05) is 31.2 Å². The van der Waals surface area contributed by atoms with Gasteiger partial charge in [0.1, 0.15) is 0 Å². The van der Waals surface area contributed by atoms with Crippen molar-refractivity contribution in [2.24, 2.45) is 5.92 Å². The second kappa shape index (κ2) is 7.22. The first kappa shape index (κ1) is 15.5. The molecule has 114 valence electrons. The van der Waals surface area contributed by atoms with Crippen molar-refractivity contribution in [3.63, 3.8) is 0 Å². The van der Waals surface area contributed by atoms with Crippen LogP contribution >= 0.6 is 0 Å². The second-order valence-electron chi connectivity index (χ2n) is 5.60. The summed E-state index contributed by atoms with van der Waals surface area (Å²) in [7, 11) is 0. The summed E-state index contributed by atoms with van der Waals surface area (Å²) in [6.07, 6.45) is 2.42. The van der Waals surface area contributed by atoms with Gasteiger partial charge in [-0.15, -0.1) is 0 Å². The topological polar surface area (TPSA) is 69.6 Å². The average molecular weight is 290 g/mol. The highest BCUT2D eigenvalue weighted by Gasteiger charge is 2.22. The average Bonchev–Trinajstić information content (AvgIpc) is 3.25. The van der Waals surface area contributed by atoms with Crippen LogP contribution in [0.25, 0.3) is 0 Å². The molecular formula is C16H22N2O3. The van der Waals surface area contributed by atoms with Crippen molar-refractivity contribution in [2.45, 2.75) is 26.2 Å². The molecule has 2 N–H and O–H groups in total. The van der Waals surface area contributed by atoms with Crippen LogP contribution < -0.4 is 10.2 Å². The number of rotatable bonds is 8. The van der Waals surface area contributed by atoms with E-state index >= 15 is 0 Å². The molecule has 21 heavy (non-hydrogen) atoms. The van der Waals surface area contributed by atoms with Gasteiger partial charge in [-0.3, -0.25) is 9.59 Å². The van der Waals surface area contributed by atoms with Crippen LogP contribution in [0.2, 0.25) is 0 Å². The molecule has 1 amide bonds. The summed E-state index contributed by atoms with van der Waals surface area (Å²) in [6, 6.07) is 7.56. The van der Waals surface area contributed by atoms with Gasteiger partial charge in [-0.25, -0.2) is 0 Å². The maximum Gasteiger partial charge on any atom is 0.305 e. The van der Waals surface area contributed by atoms with Gasteiger partial charge in [-0.1, -0.05) is 17.7 Å². The third-order valence-electron chi connectivity index (χ3n) is 3.60. The van der Waals surface area contributed by atoms with E-state index < -0.39 is 5.97 Å².